The minimum absolute atomic E-state index is 0.235. The summed E-state index contributed by atoms with van der Waals surface area (Å²) in [6.45, 7) is 7.27. The van der Waals surface area contributed by atoms with Crippen molar-refractivity contribution < 1.29 is 14.3 Å². The number of amides is 1. The Hall–Kier alpha value is -2.45. The average molecular weight is 520 g/mol. The van der Waals surface area contributed by atoms with E-state index in [9.17, 15) is 4.79 Å². The van der Waals surface area contributed by atoms with Crippen molar-refractivity contribution in [2.24, 2.45) is 0 Å². The van der Waals surface area contributed by atoms with Crippen LogP contribution < -0.4 is 19.3 Å². The first kappa shape index (κ1) is 24.7. The maximum absolute atomic E-state index is 13.8. The Labute approximate surface area is 214 Å². The van der Waals surface area contributed by atoms with Gasteiger partial charge in [-0.25, -0.2) is 0 Å². The molecule has 6 nitrogen and oxygen atoms in total. The molecule has 0 spiro atoms. The van der Waals surface area contributed by atoms with Crippen LogP contribution >= 0.6 is 34.5 Å². The second-order valence-corrected chi connectivity index (χ2v) is 9.38. The molecule has 0 atom stereocenters. The van der Waals surface area contributed by atoms with Gasteiger partial charge in [0, 0.05) is 48.9 Å². The van der Waals surface area contributed by atoms with Crippen molar-refractivity contribution in [2.45, 2.75) is 6.92 Å². The van der Waals surface area contributed by atoms with Gasteiger partial charge in [0.15, 0.2) is 0 Å². The topological polar surface area (TPSA) is 45.2 Å². The number of benzene rings is 2. The van der Waals surface area contributed by atoms with Gasteiger partial charge in [-0.15, -0.1) is 0 Å². The van der Waals surface area contributed by atoms with Gasteiger partial charge in [0.1, 0.15) is 21.5 Å². The second-order valence-electron chi connectivity index (χ2n) is 7.85. The summed E-state index contributed by atoms with van der Waals surface area (Å²) in [5.41, 5.74) is 2.61. The van der Waals surface area contributed by atoms with Crippen LogP contribution in [0.15, 0.2) is 47.2 Å². The summed E-state index contributed by atoms with van der Waals surface area (Å²) in [5, 5.41) is 4.24. The Morgan fingerprint density at radius 2 is 1.62 bits per heavy atom. The fraction of sp³-hybridized carbons (Fsp3) is 0.320. The Bertz CT molecular complexity index is 1100. The molecule has 0 N–H and O–H groups in total. The summed E-state index contributed by atoms with van der Waals surface area (Å²) >= 11 is 14.8. The monoisotopic (exact) mass is 519 g/mol. The summed E-state index contributed by atoms with van der Waals surface area (Å²) in [4.78, 5) is 20.1. The first-order valence-electron chi connectivity index (χ1n) is 11.0. The maximum atomic E-state index is 13.8. The number of rotatable bonds is 7. The third-order valence-corrected chi connectivity index (χ3v) is 7.44. The molecule has 9 heteroatoms. The van der Waals surface area contributed by atoms with E-state index in [1.807, 2.05) is 41.1 Å². The molecule has 0 unspecified atom stereocenters. The van der Waals surface area contributed by atoms with Gasteiger partial charge in [-0.3, -0.25) is 9.69 Å². The van der Waals surface area contributed by atoms with E-state index >= 15 is 0 Å². The second kappa shape index (κ2) is 10.9. The van der Waals surface area contributed by atoms with Gasteiger partial charge in [-0.05, 0) is 42.3 Å². The number of ether oxygens (including phenoxy) is 2. The highest BCUT2D eigenvalue weighted by molar-refractivity contribution is 7.08. The van der Waals surface area contributed by atoms with E-state index in [1.165, 1.54) is 30.5 Å². The number of anilines is 3. The Morgan fingerprint density at radius 1 is 1.00 bits per heavy atom. The fourth-order valence-corrected chi connectivity index (χ4v) is 5.36. The molecule has 1 aliphatic heterocycles. The third kappa shape index (κ3) is 4.84. The maximum Gasteiger partial charge on any atom is 0.262 e. The zero-order valence-electron chi connectivity index (χ0n) is 19.4. The van der Waals surface area contributed by atoms with Crippen LogP contribution in [-0.4, -0.2) is 57.8 Å². The third-order valence-electron chi connectivity index (χ3n) is 6.04. The standard InChI is InChI=1S/C25H27Cl2N3O3S/c1-4-28-10-12-29(13-11-28)18-7-5-17(6-8-18)25(31)30(19-9-14-34-16-19)24-22(26)20(32-2)15-21(33-3)23(24)27/h5-9,14-16H,4,10-13H2,1-3H3. The van der Waals surface area contributed by atoms with Crippen LogP contribution in [0.25, 0.3) is 0 Å². The predicted octanol–water partition coefficient (Wildman–Crippen LogP) is 6.19. The number of halogens is 2. The lowest BCUT2D eigenvalue weighted by Gasteiger charge is -2.35. The van der Waals surface area contributed by atoms with Gasteiger partial charge in [-0.1, -0.05) is 30.1 Å². The number of piperazine rings is 1. The van der Waals surface area contributed by atoms with E-state index in [4.69, 9.17) is 32.7 Å². The molecule has 3 aromatic rings. The number of thiophene rings is 1. The van der Waals surface area contributed by atoms with E-state index in [0.29, 0.717) is 28.4 Å². The fourth-order valence-electron chi connectivity index (χ4n) is 4.07. The lowest BCUT2D eigenvalue weighted by molar-refractivity contribution is 0.0999. The van der Waals surface area contributed by atoms with Crippen molar-refractivity contribution in [1.82, 2.24) is 4.90 Å². The van der Waals surface area contributed by atoms with Crippen LogP contribution in [0, 0.1) is 0 Å². The lowest BCUT2D eigenvalue weighted by Crippen LogP contribution is -2.46. The van der Waals surface area contributed by atoms with E-state index in [1.54, 1.807) is 6.07 Å². The van der Waals surface area contributed by atoms with Crippen molar-refractivity contribution >= 4 is 57.5 Å². The average Bonchev–Trinajstić information content (AvgIpc) is 3.41. The highest BCUT2D eigenvalue weighted by Crippen LogP contribution is 2.48. The molecule has 34 heavy (non-hydrogen) atoms. The van der Waals surface area contributed by atoms with Crippen LogP contribution in [0.5, 0.6) is 11.5 Å². The van der Waals surface area contributed by atoms with E-state index in [-0.39, 0.29) is 16.0 Å². The number of hydrogen-bond donors (Lipinski definition) is 0. The molecule has 0 radical (unpaired) electrons. The summed E-state index contributed by atoms with van der Waals surface area (Å²) < 4.78 is 10.8. The van der Waals surface area contributed by atoms with E-state index < -0.39 is 0 Å². The molecule has 1 fully saturated rings. The molecule has 0 bridgehead atoms. The Morgan fingerprint density at radius 3 is 2.12 bits per heavy atom. The van der Waals surface area contributed by atoms with Gasteiger partial charge >= 0.3 is 0 Å². The van der Waals surface area contributed by atoms with Crippen LogP contribution in [0.4, 0.5) is 17.1 Å². The highest BCUT2D eigenvalue weighted by Gasteiger charge is 2.29. The van der Waals surface area contributed by atoms with E-state index in [2.05, 4.69) is 16.7 Å². The van der Waals surface area contributed by atoms with Crippen molar-refractivity contribution in [2.75, 3.05) is 56.7 Å². The lowest BCUT2D eigenvalue weighted by atomic mass is 10.1. The number of carbonyl (C=O) groups excluding carboxylic acids is 1. The molecule has 180 valence electrons. The zero-order chi connectivity index (χ0) is 24.2. The summed E-state index contributed by atoms with van der Waals surface area (Å²) in [6.07, 6.45) is 0. The van der Waals surface area contributed by atoms with Crippen molar-refractivity contribution in [3.8, 4) is 11.5 Å². The molecule has 0 saturated carbocycles. The number of methoxy groups -OCH3 is 2. The van der Waals surface area contributed by atoms with Gasteiger partial charge in [0.2, 0.25) is 0 Å². The first-order chi connectivity index (χ1) is 16.5. The summed E-state index contributed by atoms with van der Waals surface area (Å²) in [5.74, 6) is 0.486. The molecule has 4 rings (SSSR count). The van der Waals surface area contributed by atoms with Crippen LogP contribution in [0.3, 0.4) is 0 Å². The van der Waals surface area contributed by atoms with E-state index in [0.717, 1.165) is 38.4 Å². The van der Waals surface area contributed by atoms with Crippen molar-refractivity contribution in [3.63, 3.8) is 0 Å². The molecule has 1 amide bonds. The summed E-state index contributed by atoms with van der Waals surface area (Å²) in [6, 6.07) is 11.1. The number of nitrogens with zero attached hydrogens (tertiary/aromatic N) is 3. The molecule has 2 aromatic carbocycles. The zero-order valence-corrected chi connectivity index (χ0v) is 21.7. The largest absolute Gasteiger partial charge is 0.495 e. The highest BCUT2D eigenvalue weighted by atomic mass is 35.5. The molecule has 1 aromatic heterocycles. The molecular weight excluding hydrogens is 493 g/mol. The quantitative estimate of drug-likeness (QED) is 0.372. The molecule has 2 heterocycles. The molecular formula is C25H27Cl2N3O3S. The van der Waals surface area contributed by atoms with Crippen molar-refractivity contribution in [1.29, 1.82) is 0 Å². The van der Waals surface area contributed by atoms with Gasteiger partial charge in [-0.2, -0.15) is 11.3 Å². The predicted molar refractivity (Wildman–Crippen MR) is 141 cm³/mol. The van der Waals surface area contributed by atoms with Crippen molar-refractivity contribution in [3.05, 3.63) is 62.8 Å². The molecule has 1 saturated heterocycles. The molecule has 1 aliphatic rings. The Kier molecular flexibility index (Phi) is 7.88. The molecule has 0 aliphatic carbocycles. The number of carbonyl (C=O) groups is 1. The summed E-state index contributed by atoms with van der Waals surface area (Å²) in [7, 11) is 3.02. The minimum atomic E-state index is -0.250. The van der Waals surface area contributed by atoms with Gasteiger partial charge < -0.3 is 19.3 Å². The van der Waals surface area contributed by atoms with Gasteiger partial charge in [0.05, 0.1) is 25.6 Å². The smallest absolute Gasteiger partial charge is 0.262 e. The SMILES string of the molecule is CCN1CCN(c2ccc(C(=O)N(c3ccsc3)c3c(Cl)c(OC)cc(OC)c3Cl)cc2)CC1. The van der Waals surface area contributed by atoms with Crippen LogP contribution in [0.2, 0.25) is 10.0 Å². The minimum Gasteiger partial charge on any atom is -0.495 e. The number of hydrogen-bond acceptors (Lipinski definition) is 6. The number of likely N-dealkylation sites (N-methyl/N-ethyl adjacent to an activating group) is 1. The van der Waals surface area contributed by atoms with Gasteiger partial charge in [0.25, 0.3) is 5.91 Å². The Balaban J connectivity index is 1.70. The normalized spacial score (nSPS) is 14.2. The van der Waals surface area contributed by atoms with Crippen LogP contribution in [-0.2, 0) is 0 Å². The van der Waals surface area contributed by atoms with Crippen LogP contribution in [0.1, 0.15) is 17.3 Å². The first-order valence-corrected chi connectivity index (χ1v) is 12.7.